The Morgan fingerprint density at radius 1 is 0.368 bits per heavy atom. The summed E-state index contributed by atoms with van der Waals surface area (Å²) in [4.78, 5) is 30.0. The number of carbonyl (C=O) groups is 2. The van der Waals surface area contributed by atoms with Crippen molar-refractivity contribution in [2.75, 3.05) is 39.6 Å². The van der Waals surface area contributed by atoms with E-state index in [2.05, 4.69) is 81.4 Å². The van der Waals surface area contributed by atoms with Crippen molar-refractivity contribution in [3.8, 4) is 0 Å². The van der Waals surface area contributed by atoms with Gasteiger partial charge in [0.25, 0.3) is 0 Å². The van der Waals surface area contributed by atoms with Gasteiger partial charge in [-0.1, -0.05) is 106 Å². The number of aliphatic hydroxyl groups excluding tert-OH is 26. The normalized spacial score (nSPS) is 56.4. The molecule has 26 N–H and O–H groups in total. The van der Waals surface area contributed by atoms with Gasteiger partial charge >= 0.3 is 11.9 Å². The van der Waals surface area contributed by atoms with E-state index in [1.807, 2.05) is 0 Å². The molecule has 16 aliphatic rings. The first kappa shape index (κ1) is 107. The largest absolute Gasteiger partial charge is 0.432 e. The van der Waals surface area contributed by atoms with Crippen molar-refractivity contribution >= 4 is 11.9 Å². The van der Waals surface area contributed by atoms with Gasteiger partial charge in [-0.3, -0.25) is 9.59 Å². The van der Waals surface area contributed by atoms with Gasteiger partial charge in [-0.25, -0.2) is 0 Å². The fourth-order valence-electron chi connectivity index (χ4n) is 30.5. The third kappa shape index (κ3) is 17.0. The van der Waals surface area contributed by atoms with E-state index in [0.29, 0.717) is 83.5 Å². The van der Waals surface area contributed by atoms with Crippen LogP contribution in [0.3, 0.4) is 0 Å². The van der Waals surface area contributed by atoms with Crippen LogP contribution in [0.5, 0.6) is 0 Å². The number of aliphatic hydroxyl groups is 26. The van der Waals surface area contributed by atoms with Gasteiger partial charge in [0.2, 0.25) is 12.6 Å². The first-order chi connectivity index (χ1) is 63.4. The average Bonchev–Trinajstić information content (AvgIpc) is 0.669. The Hall–Kier alpha value is -3.02. The van der Waals surface area contributed by atoms with E-state index >= 15 is 4.79 Å². The summed E-state index contributed by atoms with van der Waals surface area (Å²) in [5.41, 5.74) is -5.85. The van der Waals surface area contributed by atoms with Crippen molar-refractivity contribution in [2.45, 2.75) is 414 Å². The molecule has 136 heavy (non-hydrogen) atoms. The summed E-state index contributed by atoms with van der Waals surface area (Å²) in [6.45, 7) is 24.3. The maximum atomic E-state index is 15.0. The van der Waals surface area contributed by atoms with Crippen molar-refractivity contribution in [2.24, 2.45) is 107 Å². The third-order valence-corrected chi connectivity index (χ3v) is 38.9. The Morgan fingerprint density at radius 2 is 0.728 bits per heavy atom. The number of allylic oxidation sites excluding steroid dienone is 4. The number of hydrogen-bond donors (Lipinski definition) is 26. The van der Waals surface area contributed by atoms with Crippen LogP contribution in [-0.2, 0) is 66.4 Å². The van der Waals surface area contributed by atoms with E-state index in [0.717, 1.165) is 11.1 Å². The Bertz CT molecular complexity index is 4240. The number of rotatable bonds is 18. The molecule has 6 aliphatic heterocycles. The summed E-state index contributed by atoms with van der Waals surface area (Å²) in [5, 5.41) is 284. The first-order valence-corrected chi connectivity index (χ1v) is 49.1. The highest BCUT2D eigenvalue weighted by molar-refractivity contribution is 5.80. The molecule has 16 rings (SSSR count). The molecule has 40 heteroatoms. The lowest BCUT2D eigenvalue weighted by atomic mass is 9.32. The highest BCUT2D eigenvalue weighted by Gasteiger charge is 2.77. The van der Waals surface area contributed by atoms with E-state index in [4.69, 9.17) is 56.8 Å². The molecule has 14 fully saturated rings. The van der Waals surface area contributed by atoms with Crippen LogP contribution < -0.4 is 0 Å². The van der Waals surface area contributed by atoms with Crippen molar-refractivity contribution in [1.82, 2.24) is 0 Å². The van der Waals surface area contributed by atoms with Gasteiger partial charge in [0, 0.05) is 22.7 Å². The first-order valence-electron chi connectivity index (χ1n) is 49.1. The van der Waals surface area contributed by atoms with Gasteiger partial charge in [-0.2, -0.15) is 0 Å². The quantitative estimate of drug-likeness (QED) is 0.0460. The van der Waals surface area contributed by atoms with Crippen LogP contribution in [0.1, 0.15) is 193 Å². The summed E-state index contributed by atoms with van der Waals surface area (Å²) < 4.78 is 69.3. The maximum absolute atomic E-state index is 15.0. The van der Waals surface area contributed by atoms with Crippen molar-refractivity contribution in [1.29, 1.82) is 0 Å². The van der Waals surface area contributed by atoms with Crippen LogP contribution in [0.15, 0.2) is 23.3 Å². The fraction of sp³-hybridized carbons (Fsp3) is 0.938. The van der Waals surface area contributed by atoms with Gasteiger partial charge in [0.15, 0.2) is 25.2 Å². The van der Waals surface area contributed by atoms with E-state index in [1.165, 1.54) is 13.8 Å². The molecule has 0 spiro atoms. The molecule has 54 atom stereocenters. The Kier molecular flexibility index (Phi) is 30.5. The summed E-state index contributed by atoms with van der Waals surface area (Å²) in [6, 6.07) is 0. The Morgan fingerprint density at radius 3 is 1.14 bits per heavy atom. The highest BCUT2D eigenvalue weighted by atomic mass is 16.8. The van der Waals surface area contributed by atoms with E-state index in [-0.39, 0.29) is 53.8 Å². The smallest absolute Gasteiger partial charge is 0.315 e. The summed E-state index contributed by atoms with van der Waals surface area (Å²) >= 11 is 0. The number of hydrogen-bond acceptors (Lipinski definition) is 40. The molecule has 10 aliphatic carbocycles. The van der Waals surface area contributed by atoms with Gasteiger partial charge < -0.3 is 190 Å². The highest BCUT2D eigenvalue weighted by Crippen LogP contribution is 2.79. The summed E-state index contributed by atoms with van der Waals surface area (Å²) in [6.07, 6.45) is -43.9. The minimum Gasteiger partial charge on any atom is -0.432 e. The number of ether oxygens (including phenoxy) is 12. The van der Waals surface area contributed by atoms with Gasteiger partial charge in [-0.15, -0.1) is 0 Å². The van der Waals surface area contributed by atoms with E-state index in [1.54, 1.807) is 13.8 Å². The fourth-order valence-corrected chi connectivity index (χ4v) is 30.5. The molecule has 0 radical (unpaired) electrons. The monoisotopic (exact) mass is 1950 g/mol. The molecule has 40 nitrogen and oxygen atoms in total. The lowest BCUT2D eigenvalue weighted by Gasteiger charge is -2.72. The molecule has 8 saturated carbocycles. The minimum atomic E-state index is -1.89. The second-order valence-electron chi connectivity index (χ2n) is 46.7. The predicted octanol–water partition coefficient (Wildman–Crippen LogP) is -3.98. The van der Waals surface area contributed by atoms with Crippen molar-refractivity contribution in [3.05, 3.63) is 23.3 Å². The second kappa shape index (κ2) is 38.7. The van der Waals surface area contributed by atoms with Gasteiger partial charge in [0.1, 0.15) is 134 Å². The van der Waals surface area contributed by atoms with Crippen LogP contribution in [0, 0.1) is 107 Å². The Balaban J connectivity index is 0.000000207. The lowest BCUT2D eigenvalue weighted by Crippen LogP contribution is -2.71. The minimum absolute atomic E-state index is 0.0115. The number of esters is 2. The van der Waals surface area contributed by atoms with E-state index < -0.39 is 338 Å². The average molecular weight is 1950 g/mol. The zero-order chi connectivity index (χ0) is 100.0. The molecule has 6 saturated heterocycles. The molecule has 0 aromatic heterocycles. The molecule has 6 heterocycles. The number of carbonyl (C=O) groups excluding carboxylic acids is 2. The summed E-state index contributed by atoms with van der Waals surface area (Å²) in [7, 11) is 0. The zero-order valence-corrected chi connectivity index (χ0v) is 80.3. The molecular formula is C96H156O40. The van der Waals surface area contributed by atoms with Gasteiger partial charge in [-0.05, 0) is 184 Å². The van der Waals surface area contributed by atoms with Crippen molar-refractivity contribution < 1.29 is 199 Å². The van der Waals surface area contributed by atoms with Crippen LogP contribution in [0.2, 0.25) is 0 Å². The van der Waals surface area contributed by atoms with Crippen LogP contribution in [-0.4, -0.2) is 405 Å². The molecule has 780 valence electrons. The Labute approximate surface area is 791 Å². The molecule has 0 aromatic carbocycles. The van der Waals surface area contributed by atoms with E-state index in [9.17, 15) is 138 Å². The molecular weight excluding hydrogens is 1790 g/mol. The molecule has 0 aromatic rings. The zero-order valence-electron chi connectivity index (χ0n) is 80.3. The standard InChI is InChI=1S/2C48H78O20/c1-20-28(53)30(55)33(58)40(64-20)67-36-25(17-49)65-39(35(60)32(36)57)63-18-26-29(54)31(56)34(59)41(66-26)68-42(62)48-12-10-43(2,3)14-22(48)21-8-9-27-44(4)15-24(52)38(61)45(5,19-50)37(44)23(51)16-47(27,7)46(21,6)11-13-48;1-19-10-11-48(13-12-46(6)22(28(48)20(19)2)8-9-27-44(4)14-24(52)39(61)45(5,18-50)38(44)23(51)15-47(27,46)7)43(62)68-42-35(59)32(56)30(54)26(66-42)17-63-40-36(60)33(57)37(25(16-49)65-40)67-41-34(58)31(55)29(53)21(3)64-41/h8,20,22-41,49-61H,9-19H2,1-7H3;8,19-21,23-42,49-61H,9-18H2,1-7H3/t20-,22+,23-,24-,25+,26+,27?,28-,29+,30+,31-,32+,33+,34+,35+,36+,37?,38+,39+,40+,41-,44-,45+,46-,47-,48+;19-,20+,21-,23-,24-,25+,26+,27?,28+,29-,30+,31+,32-,33+,34+,35+,36+,37+,38?,39+,40+,41+,42-,44-,45+,46-,47-,48+/m11/s1. The third-order valence-electron chi connectivity index (χ3n) is 38.9. The van der Waals surface area contributed by atoms with Crippen LogP contribution >= 0.6 is 0 Å². The lowest BCUT2D eigenvalue weighted by molar-refractivity contribution is -0.361. The van der Waals surface area contributed by atoms with Crippen molar-refractivity contribution in [3.63, 3.8) is 0 Å². The maximum Gasteiger partial charge on any atom is 0.315 e. The second-order valence-corrected chi connectivity index (χ2v) is 46.7. The van der Waals surface area contributed by atoms with Crippen LogP contribution in [0.4, 0.5) is 0 Å². The predicted molar refractivity (Wildman–Crippen MR) is 466 cm³/mol. The molecule has 4 unspecified atom stereocenters. The van der Waals surface area contributed by atoms with Crippen LogP contribution in [0.25, 0.3) is 0 Å². The molecule has 0 bridgehead atoms. The summed E-state index contributed by atoms with van der Waals surface area (Å²) in [5.74, 6) is -2.81. The number of fused-ring (bicyclic) bond motifs is 14. The topological polar surface area (TPSA) is 671 Å². The molecule has 0 amide bonds. The van der Waals surface area contributed by atoms with Gasteiger partial charge in [0.05, 0.1) is 99.3 Å². The SMILES string of the molecule is C[C@H]1O[C@@H](O[C@@H]2[C@@H](O)[C@H](O)[C@@H](OC[C@@H]3O[C@H](OC(=O)[C@]45CCC(C)(C)C[C@H]4C4=CCC6[C@@]7(C)C[C@@H](O)[C@H](O)[C@@](C)(CO)C7[C@H](O)C[C@@]6(C)[C@]4(C)CC5)[C@@H](O)[C@H](O)[C@H]3O)O[C@H]2CO)[C@@H](O)[C@@H](O)[C@@H]1O.C[C@H]1[C@H](C)CC[C@]2(C(=O)O[C@H]3O[C@@H](CO[C@H]4O[C@@H](CO)[C@H](O[C@@H]5O[C@H](C)[C@@H](O)[C@H](O)[C@@H]5O)[C@@H](O)[C@@H]4O)[C@H](O)[C@@H](O)[C@@H]3O)CC[C@]3(C)C(=CCC4[C@@]5(C)C[C@@H](O)[C@H](O)[C@@](C)(CO)C5[C@H](O)C[C@]43C)[C@H]12.